The van der Waals surface area contributed by atoms with Crippen LogP contribution in [0.25, 0.3) is 10.8 Å². The van der Waals surface area contributed by atoms with Gasteiger partial charge in [-0.3, -0.25) is 4.79 Å². The zero-order valence-electron chi connectivity index (χ0n) is 14.4. The van der Waals surface area contributed by atoms with Gasteiger partial charge in [0.2, 0.25) is 12.7 Å². The highest BCUT2D eigenvalue weighted by atomic mass is 32.2. The van der Waals surface area contributed by atoms with Crippen molar-refractivity contribution in [3.63, 3.8) is 0 Å². The van der Waals surface area contributed by atoms with E-state index in [1.54, 1.807) is 17.8 Å². The Kier molecular flexibility index (Phi) is 4.71. The number of carbonyl (C=O) groups excluding carboxylic acids is 1. The number of ether oxygens (including phenoxy) is 2. The van der Waals surface area contributed by atoms with Gasteiger partial charge in [-0.25, -0.2) is 0 Å². The molecule has 132 valence electrons. The molecule has 4 nitrogen and oxygen atoms in total. The zero-order valence-corrected chi connectivity index (χ0v) is 15.2. The Morgan fingerprint density at radius 3 is 2.81 bits per heavy atom. The van der Waals surface area contributed by atoms with E-state index < -0.39 is 0 Å². The van der Waals surface area contributed by atoms with Crippen LogP contribution in [0.15, 0.2) is 60.7 Å². The minimum absolute atomic E-state index is 0.0194. The van der Waals surface area contributed by atoms with Crippen molar-refractivity contribution < 1.29 is 14.3 Å². The predicted octanol–water partition coefficient (Wildman–Crippen LogP) is 4.83. The molecule has 1 unspecified atom stereocenters. The van der Waals surface area contributed by atoms with E-state index in [1.165, 1.54) is 16.3 Å². The molecule has 1 atom stereocenters. The summed E-state index contributed by atoms with van der Waals surface area (Å²) < 4.78 is 10.6. The van der Waals surface area contributed by atoms with E-state index >= 15 is 0 Å². The number of anilines is 1. The topological polar surface area (TPSA) is 47.6 Å². The van der Waals surface area contributed by atoms with Gasteiger partial charge in [0.1, 0.15) is 0 Å². The summed E-state index contributed by atoms with van der Waals surface area (Å²) in [5, 5.41) is 5.25. The third-order valence-electron chi connectivity index (χ3n) is 4.38. The first-order valence-corrected chi connectivity index (χ1v) is 9.54. The largest absolute Gasteiger partial charge is 0.454 e. The van der Waals surface area contributed by atoms with E-state index in [9.17, 15) is 4.79 Å². The molecule has 0 saturated heterocycles. The maximum Gasteiger partial charge on any atom is 0.237 e. The van der Waals surface area contributed by atoms with E-state index in [2.05, 4.69) is 35.6 Å². The van der Waals surface area contributed by atoms with Crippen LogP contribution in [0, 0.1) is 0 Å². The lowest BCUT2D eigenvalue weighted by Crippen LogP contribution is -2.22. The second kappa shape index (κ2) is 7.30. The van der Waals surface area contributed by atoms with Gasteiger partial charge < -0.3 is 14.8 Å². The number of hydrogen-bond donors (Lipinski definition) is 1. The maximum absolute atomic E-state index is 12.5. The predicted molar refractivity (Wildman–Crippen MR) is 106 cm³/mol. The molecule has 1 N–H and O–H groups in total. The van der Waals surface area contributed by atoms with Crippen molar-refractivity contribution in [2.75, 3.05) is 12.1 Å². The summed E-state index contributed by atoms with van der Waals surface area (Å²) in [4.78, 5) is 12.5. The van der Waals surface area contributed by atoms with Crippen molar-refractivity contribution in [2.24, 2.45) is 0 Å². The smallest absolute Gasteiger partial charge is 0.237 e. The van der Waals surface area contributed by atoms with Gasteiger partial charge in [-0.2, -0.15) is 0 Å². The number of amides is 1. The Bertz CT molecular complexity index is 952. The van der Waals surface area contributed by atoms with E-state index in [4.69, 9.17) is 9.47 Å². The average Bonchev–Trinajstić information content (AvgIpc) is 3.13. The van der Waals surface area contributed by atoms with Crippen LogP contribution >= 0.6 is 11.8 Å². The third kappa shape index (κ3) is 3.48. The van der Waals surface area contributed by atoms with Crippen LogP contribution in [0.1, 0.15) is 12.5 Å². The molecule has 0 bridgehead atoms. The normalized spacial score (nSPS) is 13.6. The van der Waals surface area contributed by atoms with E-state index in [-0.39, 0.29) is 18.0 Å². The number of rotatable bonds is 5. The fraction of sp³-hybridized carbons (Fsp3) is 0.190. The molecule has 0 fully saturated rings. The Balaban J connectivity index is 1.40. The quantitative estimate of drug-likeness (QED) is 0.704. The molecule has 1 heterocycles. The molecule has 3 aromatic carbocycles. The van der Waals surface area contributed by atoms with Crippen LogP contribution in [0.4, 0.5) is 5.69 Å². The van der Waals surface area contributed by atoms with E-state index in [0.717, 1.165) is 11.4 Å². The lowest BCUT2D eigenvalue weighted by Gasteiger charge is -2.13. The van der Waals surface area contributed by atoms with Crippen LogP contribution in [-0.2, 0) is 10.5 Å². The Morgan fingerprint density at radius 2 is 1.88 bits per heavy atom. The first-order valence-electron chi connectivity index (χ1n) is 8.49. The molecule has 4 rings (SSSR count). The summed E-state index contributed by atoms with van der Waals surface area (Å²) in [7, 11) is 0. The van der Waals surface area contributed by atoms with Gasteiger partial charge in [0.05, 0.1) is 5.25 Å². The van der Waals surface area contributed by atoms with Gasteiger partial charge in [0, 0.05) is 17.5 Å². The SMILES string of the molecule is CC(SCc1cccc2ccccc12)C(=O)Nc1ccc2c(c1)OCO2. The highest BCUT2D eigenvalue weighted by Gasteiger charge is 2.17. The van der Waals surface area contributed by atoms with Crippen molar-refractivity contribution >= 4 is 34.1 Å². The Labute approximate surface area is 156 Å². The van der Waals surface area contributed by atoms with Gasteiger partial charge in [0.25, 0.3) is 0 Å². The number of thioether (sulfide) groups is 1. The molecule has 0 saturated carbocycles. The number of fused-ring (bicyclic) bond motifs is 2. The molecule has 0 radical (unpaired) electrons. The number of benzene rings is 3. The second-order valence-corrected chi connectivity index (χ2v) is 7.48. The minimum atomic E-state index is -0.167. The standard InChI is InChI=1S/C21H19NO3S/c1-14(21(23)22-17-9-10-19-20(11-17)25-13-24-19)26-12-16-7-4-6-15-5-2-3-8-18(15)16/h2-11,14H,12-13H2,1H3,(H,22,23). The summed E-state index contributed by atoms with van der Waals surface area (Å²) >= 11 is 1.63. The Hall–Kier alpha value is -2.66. The molecule has 0 aliphatic carbocycles. The van der Waals surface area contributed by atoms with Crippen molar-refractivity contribution in [1.82, 2.24) is 0 Å². The van der Waals surface area contributed by atoms with Gasteiger partial charge >= 0.3 is 0 Å². The average molecular weight is 365 g/mol. The number of hydrogen-bond acceptors (Lipinski definition) is 4. The molecule has 0 aromatic heterocycles. The summed E-state index contributed by atoms with van der Waals surface area (Å²) in [6.45, 7) is 2.15. The van der Waals surface area contributed by atoms with Crippen molar-refractivity contribution in [3.8, 4) is 11.5 Å². The molecule has 0 spiro atoms. The zero-order chi connectivity index (χ0) is 17.9. The minimum Gasteiger partial charge on any atom is -0.454 e. The van der Waals surface area contributed by atoms with Crippen LogP contribution < -0.4 is 14.8 Å². The highest BCUT2D eigenvalue weighted by molar-refractivity contribution is 7.99. The van der Waals surface area contributed by atoms with Gasteiger partial charge in [-0.1, -0.05) is 42.5 Å². The lowest BCUT2D eigenvalue weighted by molar-refractivity contribution is -0.115. The fourth-order valence-corrected chi connectivity index (χ4v) is 3.82. The van der Waals surface area contributed by atoms with Crippen LogP contribution in [0.3, 0.4) is 0 Å². The molecular formula is C21H19NO3S. The summed E-state index contributed by atoms with van der Waals surface area (Å²) in [6.07, 6.45) is 0. The molecule has 26 heavy (non-hydrogen) atoms. The summed E-state index contributed by atoms with van der Waals surface area (Å²) in [5.74, 6) is 2.14. The number of nitrogens with one attached hydrogen (secondary N) is 1. The van der Waals surface area contributed by atoms with Crippen molar-refractivity contribution in [1.29, 1.82) is 0 Å². The lowest BCUT2D eigenvalue weighted by atomic mass is 10.1. The summed E-state index contributed by atoms with van der Waals surface area (Å²) in [5.41, 5.74) is 1.97. The van der Waals surface area contributed by atoms with Crippen LogP contribution in [0.5, 0.6) is 11.5 Å². The highest BCUT2D eigenvalue weighted by Crippen LogP contribution is 2.34. The maximum atomic E-state index is 12.5. The van der Waals surface area contributed by atoms with Gasteiger partial charge in [0.15, 0.2) is 11.5 Å². The molecular weight excluding hydrogens is 346 g/mol. The number of carbonyl (C=O) groups is 1. The first-order chi connectivity index (χ1) is 12.7. The molecule has 3 aromatic rings. The monoisotopic (exact) mass is 365 g/mol. The molecule has 1 aliphatic heterocycles. The van der Waals surface area contributed by atoms with Crippen molar-refractivity contribution in [3.05, 3.63) is 66.2 Å². The summed E-state index contributed by atoms with van der Waals surface area (Å²) in [6, 6.07) is 20.1. The van der Waals surface area contributed by atoms with Gasteiger partial charge in [-0.05, 0) is 35.4 Å². The van der Waals surface area contributed by atoms with E-state index in [1.807, 2.05) is 31.2 Å². The second-order valence-electron chi connectivity index (χ2n) is 6.15. The third-order valence-corrected chi connectivity index (χ3v) is 5.57. The fourth-order valence-electron chi connectivity index (χ4n) is 2.93. The molecule has 1 amide bonds. The Morgan fingerprint density at radius 1 is 1.08 bits per heavy atom. The van der Waals surface area contributed by atoms with Crippen molar-refractivity contribution in [2.45, 2.75) is 17.9 Å². The first kappa shape index (κ1) is 16.8. The van der Waals surface area contributed by atoms with Crippen LogP contribution in [0.2, 0.25) is 0 Å². The molecule has 1 aliphatic rings. The molecule has 5 heteroatoms. The van der Waals surface area contributed by atoms with E-state index in [0.29, 0.717) is 11.5 Å². The van der Waals surface area contributed by atoms with Gasteiger partial charge in [-0.15, -0.1) is 11.8 Å². The van der Waals surface area contributed by atoms with Crippen LogP contribution in [-0.4, -0.2) is 18.0 Å².